The van der Waals surface area contributed by atoms with Crippen LogP contribution in [-0.4, -0.2) is 28.9 Å². The molecule has 0 fully saturated rings. The van der Waals surface area contributed by atoms with Crippen molar-refractivity contribution in [3.05, 3.63) is 52.0 Å². The lowest BCUT2D eigenvalue weighted by Gasteiger charge is -2.25. The first-order valence-corrected chi connectivity index (χ1v) is 9.51. The number of sulfonamides is 1. The van der Waals surface area contributed by atoms with Crippen LogP contribution in [0.1, 0.15) is 5.56 Å². The van der Waals surface area contributed by atoms with E-state index in [4.69, 9.17) is 32.7 Å². The number of methoxy groups -OCH3 is 2. The van der Waals surface area contributed by atoms with E-state index in [-0.39, 0.29) is 6.54 Å². The lowest BCUT2D eigenvalue weighted by Crippen LogP contribution is -2.30. The highest BCUT2D eigenvalue weighted by Crippen LogP contribution is 2.36. The van der Waals surface area contributed by atoms with Crippen LogP contribution in [0.2, 0.25) is 10.0 Å². The zero-order valence-corrected chi connectivity index (χ0v) is 15.7. The highest BCUT2D eigenvalue weighted by Gasteiger charge is 2.24. The van der Waals surface area contributed by atoms with E-state index in [1.165, 1.54) is 18.5 Å². The molecule has 0 aliphatic rings. The Morgan fingerprint density at radius 2 is 1.67 bits per heavy atom. The van der Waals surface area contributed by atoms with Crippen LogP contribution in [0.4, 0.5) is 5.69 Å². The molecule has 0 spiro atoms. The van der Waals surface area contributed by atoms with Gasteiger partial charge < -0.3 is 9.47 Å². The summed E-state index contributed by atoms with van der Waals surface area (Å²) in [6, 6.07) is 9.91. The maximum absolute atomic E-state index is 12.3. The zero-order valence-electron chi connectivity index (χ0n) is 13.4. The van der Waals surface area contributed by atoms with Crippen molar-refractivity contribution in [3.63, 3.8) is 0 Å². The van der Waals surface area contributed by atoms with Crippen LogP contribution in [0.15, 0.2) is 36.4 Å². The summed E-state index contributed by atoms with van der Waals surface area (Å²) in [5.74, 6) is 0.919. The van der Waals surface area contributed by atoms with E-state index in [2.05, 4.69) is 0 Å². The van der Waals surface area contributed by atoms with Crippen LogP contribution in [0.25, 0.3) is 0 Å². The molecular weight excluding hydrogens is 373 g/mol. The fraction of sp³-hybridized carbons (Fsp3) is 0.250. The lowest BCUT2D eigenvalue weighted by molar-refractivity contribution is 0.395. The van der Waals surface area contributed by atoms with Crippen LogP contribution >= 0.6 is 23.2 Å². The van der Waals surface area contributed by atoms with Gasteiger partial charge in [0.1, 0.15) is 11.5 Å². The molecule has 0 aliphatic carbocycles. The van der Waals surface area contributed by atoms with Crippen molar-refractivity contribution in [1.29, 1.82) is 0 Å². The highest BCUT2D eigenvalue weighted by molar-refractivity contribution is 7.92. The summed E-state index contributed by atoms with van der Waals surface area (Å²) in [7, 11) is -0.627. The Morgan fingerprint density at radius 1 is 1.04 bits per heavy atom. The molecule has 0 atom stereocenters. The normalized spacial score (nSPS) is 11.2. The Morgan fingerprint density at radius 3 is 2.17 bits per heavy atom. The molecule has 0 saturated heterocycles. The summed E-state index contributed by atoms with van der Waals surface area (Å²) >= 11 is 12.4. The van der Waals surface area contributed by atoms with Crippen molar-refractivity contribution in [1.82, 2.24) is 0 Å². The molecule has 130 valence electrons. The van der Waals surface area contributed by atoms with Gasteiger partial charge >= 0.3 is 0 Å². The first-order chi connectivity index (χ1) is 11.3. The standard InChI is InChI=1S/C16H17Cl2NO4S/c1-22-11-7-8-15(16(9-11)23-2)19(24(3,20)21)10-12-13(17)5-4-6-14(12)18/h4-9H,10H2,1-3H3. The van der Waals surface area contributed by atoms with Gasteiger partial charge in [0.05, 0.1) is 32.7 Å². The number of nitrogens with zero attached hydrogens (tertiary/aromatic N) is 1. The van der Waals surface area contributed by atoms with Crippen LogP contribution < -0.4 is 13.8 Å². The SMILES string of the molecule is COc1ccc(N(Cc2c(Cl)cccc2Cl)S(C)(=O)=O)c(OC)c1. The van der Waals surface area contributed by atoms with Crippen molar-refractivity contribution >= 4 is 38.9 Å². The summed E-state index contributed by atoms with van der Waals surface area (Å²) < 4.78 is 36.3. The Labute approximate surface area is 151 Å². The molecule has 8 heteroatoms. The summed E-state index contributed by atoms with van der Waals surface area (Å²) in [6.45, 7) is -0.0139. The third-order valence-corrected chi connectivity index (χ3v) is 5.25. The molecule has 2 aromatic carbocycles. The van der Waals surface area contributed by atoms with Crippen molar-refractivity contribution in [3.8, 4) is 11.5 Å². The average Bonchev–Trinajstić information content (AvgIpc) is 2.53. The smallest absolute Gasteiger partial charge is 0.232 e. The van der Waals surface area contributed by atoms with E-state index in [0.717, 1.165) is 6.26 Å². The molecule has 2 rings (SSSR count). The van der Waals surface area contributed by atoms with Crippen LogP contribution in [-0.2, 0) is 16.6 Å². The van der Waals surface area contributed by atoms with Gasteiger partial charge in [-0.05, 0) is 24.3 Å². The van der Waals surface area contributed by atoms with Crippen LogP contribution in [0.3, 0.4) is 0 Å². The van der Waals surface area contributed by atoms with Crippen molar-refractivity contribution < 1.29 is 17.9 Å². The van der Waals surface area contributed by atoms with Crippen molar-refractivity contribution in [2.24, 2.45) is 0 Å². The fourth-order valence-electron chi connectivity index (χ4n) is 2.20. The molecular formula is C16H17Cl2NO4S. The maximum atomic E-state index is 12.3. The number of benzene rings is 2. The number of hydrogen-bond donors (Lipinski definition) is 0. The van der Waals surface area contributed by atoms with E-state index < -0.39 is 10.0 Å². The number of anilines is 1. The molecule has 0 radical (unpaired) electrons. The van der Waals surface area contributed by atoms with E-state index in [1.807, 2.05) is 0 Å². The number of hydrogen-bond acceptors (Lipinski definition) is 4. The second-order valence-corrected chi connectivity index (χ2v) is 7.73. The summed E-state index contributed by atoms with van der Waals surface area (Å²) in [5.41, 5.74) is 0.890. The predicted molar refractivity (Wildman–Crippen MR) is 97.0 cm³/mol. The molecule has 24 heavy (non-hydrogen) atoms. The maximum Gasteiger partial charge on any atom is 0.232 e. The Hall–Kier alpha value is -1.63. The number of ether oxygens (including phenoxy) is 2. The molecule has 0 unspecified atom stereocenters. The minimum atomic E-state index is -3.61. The lowest BCUT2D eigenvalue weighted by atomic mass is 10.2. The van der Waals surface area contributed by atoms with Crippen LogP contribution in [0.5, 0.6) is 11.5 Å². The molecule has 5 nitrogen and oxygen atoms in total. The van der Waals surface area contributed by atoms with Gasteiger partial charge in [0.2, 0.25) is 10.0 Å². The minimum Gasteiger partial charge on any atom is -0.497 e. The second-order valence-electron chi connectivity index (χ2n) is 5.01. The Kier molecular flexibility index (Phi) is 5.85. The molecule has 0 heterocycles. The monoisotopic (exact) mass is 389 g/mol. The zero-order chi connectivity index (χ0) is 17.9. The van der Waals surface area contributed by atoms with Gasteiger partial charge in [-0.15, -0.1) is 0 Å². The van der Waals surface area contributed by atoms with Crippen molar-refractivity contribution in [2.45, 2.75) is 6.54 Å². The third kappa shape index (κ3) is 4.06. The predicted octanol–water partition coefficient (Wildman–Crippen LogP) is 3.98. The van der Waals surface area contributed by atoms with Gasteiger partial charge in [-0.1, -0.05) is 29.3 Å². The van der Waals surface area contributed by atoms with Gasteiger partial charge in [-0.25, -0.2) is 8.42 Å². The van der Waals surface area contributed by atoms with E-state index >= 15 is 0 Å². The molecule has 0 bridgehead atoms. The molecule has 0 amide bonds. The molecule has 0 saturated carbocycles. The van der Waals surface area contributed by atoms with E-state index in [9.17, 15) is 8.42 Å². The first-order valence-electron chi connectivity index (χ1n) is 6.90. The van der Waals surface area contributed by atoms with E-state index in [1.54, 1.807) is 36.4 Å². The average molecular weight is 390 g/mol. The largest absolute Gasteiger partial charge is 0.497 e. The summed E-state index contributed by atoms with van der Waals surface area (Å²) in [6.07, 6.45) is 1.11. The quantitative estimate of drug-likeness (QED) is 0.749. The number of halogens is 2. The topological polar surface area (TPSA) is 55.8 Å². The van der Waals surface area contributed by atoms with Crippen LogP contribution in [0, 0.1) is 0 Å². The third-order valence-electron chi connectivity index (χ3n) is 3.42. The van der Waals surface area contributed by atoms with Gasteiger partial charge in [0, 0.05) is 21.7 Å². The first kappa shape index (κ1) is 18.7. The minimum absolute atomic E-state index is 0.0139. The summed E-state index contributed by atoms with van der Waals surface area (Å²) in [4.78, 5) is 0. The molecule has 2 aromatic rings. The van der Waals surface area contributed by atoms with Crippen molar-refractivity contribution in [2.75, 3.05) is 24.8 Å². The van der Waals surface area contributed by atoms with Gasteiger partial charge in [-0.2, -0.15) is 0 Å². The van der Waals surface area contributed by atoms with Gasteiger partial charge in [0.15, 0.2) is 0 Å². The van der Waals surface area contributed by atoms with E-state index in [0.29, 0.717) is 32.8 Å². The highest BCUT2D eigenvalue weighted by atomic mass is 35.5. The molecule has 0 aliphatic heterocycles. The van der Waals surface area contributed by atoms with Gasteiger partial charge in [-0.3, -0.25) is 4.31 Å². The molecule has 0 aromatic heterocycles. The summed E-state index contributed by atoms with van der Waals surface area (Å²) in [5, 5.41) is 0.784. The Bertz CT molecular complexity index is 820. The second kappa shape index (κ2) is 7.51. The van der Waals surface area contributed by atoms with Gasteiger partial charge in [0.25, 0.3) is 0 Å². The Balaban J connectivity index is 2.55. The molecule has 0 N–H and O–H groups in total. The number of rotatable bonds is 6. The fourth-order valence-corrected chi connectivity index (χ4v) is 3.59.